The van der Waals surface area contributed by atoms with Crippen LogP contribution < -0.4 is 9.64 Å². The van der Waals surface area contributed by atoms with Crippen LogP contribution in [0.2, 0.25) is 0 Å². The minimum atomic E-state index is -0.435. The van der Waals surface area contributed by atoms with Crippen molar-refractivity contribution in [1.82, 2.24) is 0 Å². The van der Waals surface area contributed by atoms with E-state index in [-0.39, 0.29) is 18.2 Å². The Kier molecular flexibility index (Phi) is 4.21. The minimum Gasteiger partial charge on any atom is -0.487 e. The SMILES string of the molecule is CCOc1cc(N2CCC(CO)C2)ccc1[N+](=O)[O-]. The van der Waals surface area contributed by atoms with Crippen LogP contribution in [0.5, 0.6) is 5.75 Å². The standard InChI is InChI=1S/C13H18N2O4/c1-2-19-13-7-11(3-4-12(13)15(17)18)14-6-5-10(8-14)9-16/h3-4,7,10,16H,2,5-6,8-9H2,1H3. The van der Waals surface area contributed by atoms with E-state index in [1.807, 2.05) is 0 Å². The van der Waals surface area contributed by atoms with Gasteiger partial charge in [-0.1, -0.05) is 0 Å². The predicted molar refractivity (Wildman–Crippen MR) is 71.7 cm³/mol. The Morgan fingerprint density at radius 3 is 2.95 bits per heavy atom. The van der Waals surface area contributed by atoms with E-state index in [9.17, 15) is 10.1 Å². The monoisotopic (exact) mass is 266 g/mol. The highest BCUT2D eigenvalue weighted by Crippen LogP contribution is 2.33. The molecule has 19 heavy (non-hydrogen) atoms. The fourth-order valence-electron chi connectivity index (χ4n) is 2.34. The van der Waals surface area contributed by atoms with E-state index in [1.54, 1.807) is 19.1 Å². The first-order valence-electron chi connectivity index (χ1n) is 6.42. The molecule has 1 aliphatic rings. The molecular formula is C13H18N2O4. The van der Waals surface area contributed by atoms with Gasteiger partial charge in [-0.25, -0.2) is 0 Å². The number of benzene rings is 1. The molecule has 0 saturated carbocycles. The Hall–Kier alpha value is -1.82. The van der Waals surface area contributed by atoms with Crippen molar-refractivity contribution in [3.8, 4) is 5.75 Å². The molecule has 1 saturated heterocycles. The summed E-state index contributed by atoms with van der Waals surface area (Å²) in [7, 11) is 0. The number of rotatable bonds is 5. The minimum absolute atomic E-state index is 0.0106. The van der Waals surface area contributed by atoms with Crippen molar-refractivity contribution in [1.29, 1.82) is 0 Å². The highest BCUT2D eigenvalue weighted by atomic mass is 16.6. The van der Waals surface area contributed by atoms with E-state index >= 15 is 0 Å². The van der Waals surface area contributed by atoms with Gasteiger partial charge in [-0.05, 0) is 19.4 Å². The van der Waals surface area contributed by atoms with Gasteiger partial charge in [-0.15, -0.1) is 0 Å². The van der Waals surface area contributed by atoms with E-state index in [2.05, 4.69) is 4.90 Å². The molecule has 0 amide bonds. The van der Waals surface area contributed by atoms with E-state index in [1.165, 1.54) is 6.07 Å². The van der Waals surface area contributed by atoms with Gasteiger partial charge < -0.3 is 14.7 Å². The zero-order valence-electron chi connectivity index (χ0n) is 10.9. The van der Waals surface area contributed by atoms with Gasteiger partial charge in [0, 0.05) is 43.4 Å². The van der Waals surface area contributed by atoms with Crippen molar-refractivity contribution < 1.29 is 14.8 Å². The smallest absolute Gasteiger partial charge is 0.311 e. The number of aliphatic hydroxyl groups excluding tert-OH is 1. The van der Waals surface area contributed by atoms with Crippen LogP contribution in [0.4, 0.5) is 11.4 Å². The summed E-state index contributed by atoms with van der Waals surface area (Å²) in [5.74, 6) is 0.586. The van der Waals surface area contributed by atoms with Gasteiger partial charge in [0.1, 0.15) is 0 Å². The fraction of sp³-hybridized carbons (Fsp3) is 0.538. The molecular weight excluding hydrogens is 248 g/mol. The van der Waals surface area contributed by atoms with Gasteiger partial charge in [0.25, 0.3) is 0 Å². The number of hydrogen-bond donors (Lipinski definition) is 1. The molecule has 0 spiro atoms. The molecule has 1 fully saturated rings. The summed E-state index contributed by atoms with van der Waals surface area (Å²) in [6, 6.07) is 4.92. The van der Waals surface area contributed by atoms with Crippen LogP contribution in [0.1, 0.15) is 13.3 Å². The molecule has 0 aliphatic carbocycles. The largest absolute Gasteiger partial charge is 0.487 e. The zero-order valence-corrected chi connectivity index (χ0v) is 10.9. The van der Waals surface area contributed by atoms with Crippen molar-refractivity contribution in [3.05, 3.63) is 28.3 Å². The molecule has 0 aromatic heterocycles. The summed E-state index contributed by atoms with van der Waals surface area (Å²) in [5.41, 5.74) is 0.897. The number of nitro groups is 1. The second-order valence-electron chi connectivity index (χ2n) is 4.63. The summed E-state index contributed by atoms with van der Waals surface area (Å²) >= 11 is 0. The fourth-order valence-corrected chi connectivity index (χ4v) is 2.34. The van der Waals surface area contributed by atoms with E-state index in [0.29, 0.717) is 12.4 Å². The number of nitro benzene ring substituents is 1. The average molecular weight is 266 g/mol. The van der Waals surface area contributed by atoms with Gasteiger partial charge in [0.05, 0.1) is 11.5 Å². The highest BCUT2D eigenvalue weighted by Gasteiger charge is 2.24. The van der Waals surface area contributed by atoms with Crippen LogP contribution >= 0.6 is 0 Å². The number of anilines is 1. The second kappa shape index (κ2) is 5.88. The summed E-state index contributed by atoms with van der Waals surface area (Å²) in [6.07, 6.45) is 0.942. The molecule has 6 nitrogen and oxygen atoms in total. The predicted octanol–water partition coefficient (Wildman–Crippen LogP) is 1.81. The first-order chi connectivity index (χ1) is 9.15. The summed E-state index contributed by atoms with van der Waals surface area (Å²) in [4.78, 5) is 12.6. The quantitative estimate of drug-likeness (QED) is 0.649. The Morgan fingerprint density at radius 1 is 1.58 bits per heavy atom. The number of aliphatic hydroxyl groups is 1. The van der Waals surface area contributed by atoms with E-state index < -0.39 is 4.92 Å². The van der Waals surface area contributed by atoms with Crippen molar-refractivity contribution in [2.45, 2.75) is 13.3 Å². The first kappa shape index (κ1) is 13.6. The average Bonchev–Trinajstić information content (AvgIpc) is 2.87. The summed E-state index contributed by atoms with van der Waals surface area (Å²) in [6.45, 7) is 4.01. The Bertz CT molecular complexity index is 464. The molecule has 1 aromatic rings. The van der Waals surface area contributed by atoms with Gasteiger partial charge in [0.15, 0.2) is 5.75 Å². The van der Waals surface area contributed by atoms with Crippen LogP contribution in [0.25, 0.3) is 0 Å². The maximum atomic E-state index is 10.9. The first-order valence-corrected chi connectivity index (χ1v) is 6.42. The molecule has 1 unspecified atom stereocenters. The molecule has 6 heteroatoms. The van der Waals surface area contributed by atoms with E-state index in [4.69, 9.17) is 9.84 Å². The van der Waals surface area contributed by atoms with Crippen LogP contribution in [-0.4, -0.2) is 36.3 Å². The lowest BCUT2D eigenvalue weighted by Gasteiger charge is -2.19. The van der Waals surface area contributed by atoms with Crippen LogP contribution in [-0.2, 0) is 0 Å². The second-order valence-corrected chi connectivity index (χ2v) is 4.63. The molecule has 1 heterocycles. The molecule has 1 aliphatic heterocycles. The lowest BCUT2D eigenvalue weighted by Crippen LogP contribution is -2.20. The third-order valence-electron chi connectivity index (χ3n) is 3.35. The molecule has 1 aromatic carbocycles. The Balaban J connectivity index is 2.23. The van der Waals surface area contributed by atoms with Crippen LogP contribution in [0.3, 0.4) is 0 Å². The number of ether oxygens (including phenoxy) is 1. The zero-order chi connectivity index (χ0) is 13.8. The molecule has 104 valence electrons. The van der Waals surface area contributed by atoms with Gasteiger partial charge >= 0.3 is 5.69 Å². The highest BCUT2D eigenvalue weighted by molar-refractivity contribution is 5.59. The summed E-state index contributed by atoms with van der Waals surface area (Å²) in [5, 5.41) is 20.1. The molecule has 1 atom stereocenters. The van der Waals surface area contributed by atoms with Crippen molar-refractivity contribution in [2.24, 2.45) is 5.92 Å². The van der Waals surface area contributed by atoms with Gasteiger partial charge in [-0.3, -0.25) is 10.1 Å². The van der Waals surface area contributed by atoms with Crippen LogP contribution in [0.15, 0.2) is 18.2 Å². The van der Waals surface area contributed by atoms with Crippen molar-refractivity contribution in [2.75, 3.05) is 31.2 Å². The molecule has 1 N–H and O–H groups in total. The maximum absolute atomic E-state index is 10.9. The van der Waals surface area contributed by atoms with E-state index in [0.717, 1.165) is 25.2 Å². The van der Waals surface area contributed by atoms with Gasteiger partial charge in [-0.2, -0.15) is 0 Å². The normalized spacial score (nSPS) is 18.6. The van der Waals surface area contributed by atoms with Crippen molar-refractivity contribution >= 4 is 11.4 Å². The molecule has 0 radical (unpaired) electrons. The van der Waals surface area contributed by atoms with Crippen molar-refractivity contribution in [3.63, 3.8) is 0 Å². The molecule has 2 rings (SSSR count). The maximum Gasteiger partial charge on any atom is 0.311 e. The third kappa shape index (κ3) is 2.96. The lowest BCUT2D eigenvalue weighted by molar-refractivity contribution is -0.385. The molecule has 0 bridgehead atoms. The van der Waals surface area contributed by atoms with Crippen LogP contribution in [0, 0.1) is 16.0 Å². The Labute approximate surface area is 111 Å². The van der Waals surface area contributed by atoms with Gasteiger partial charge in [0.2, 0.25) is 0 Å². The number of hydrogen-bond acceptors (Lipinski definition) is 5. The summed E-state index contributed by atoms with van der Waals surface area (Å²) < 4.78 is 5.33. The Morgan fingerprint density at radius 2 is 2.37 bits per heavy atom. The topological polar surface area (TPSA) is 75.8 Å². The lowest BCUT2D eigenvalue weighted by atomic mass is 10.1. The number of nitrogens with zero attached hydrogens (tertiary/aromatic N) is 2. The third-order valence-corrected chi connectivity index (χ3v) is 3.35.